The number of benzene rings is 1. The van der Waals surface area contributed by atoms with Crippen LogP contribution < -0.4 is 5.32 Å². The van der Waals surface area contributed by atoms with Crippen LogP contribution in [-0.2, 0) is 13.6 Å². The monoisotopic (exact) mass is 247 g/mol. The van der Waals surface area contributed by atoms with Gasteiger partial charge >= 0.3 is 0 Å². The van der Waals surface area contributed by atoms with Crippen molar-refractivity contribution in [3.63, 3.8) is 0 Å². The van der Waals surface area contributed by atoms with E-state index in [9.17, 15) is 4.39 Å². The predicted octanol–water partition coefficient (Wildman–Crippen LogP) is 2.64. The topological polar surface area (TPSA) is 29.9 Å². The molecule has 1 aromatic carbocycles. The van der Waals surface area contributed by atoms with Gasteiger partial charge in [-0.3, -0.25) is 4.68 Å². The minimum absolute atomic E-state index is 0.214. The van der Waals surface area contributed by atoms with Gasteiger partial charge in [0.25, 0.3) is 0 Å². The van der Waals surface area contributed by atoms with Crippen LogP contribution in [0.25, 0.3) is 11.1 Å². The summed E-state index contributed by atoms with van der Waals surface area (Å²) in [6, 6.07) is 4.92. The van der Waals surface area contributed by atoms with Crippen LogP contribution in [0.5, 0.6) is 0 Å². The molecule has 1 N–H and O–H groups in total. The summed E-state index contributed by atoms with van der Waals surface area (Å²) in [6.45, 7) is 5.67. The summed E-state index contributed by atoms with van der Waals surface area (Å²) in [6.07, 6.45) is 1.79. The Morgan fingerprint density at radius 3 is 2.72 bits per heavy atom. The molecule has 1 aromatic heterocycles. The van der Waals surface area contributed by atoms with Crippen molar-refractivity contribution in [2.45, 2.75) is 20.4 Å². The highest BCUT2D eigenvalue weighted by atomic mass is 19.1. The zero-order valence-electron chi connectivity index (χ0n) is 11.0. The molecule has 96 valence electrons. The maximum Gasteiger partial charge on any atom is 0.123 e. The molecule has 4 heteroatoms. The molecule has 0 atom stereocenters. The quantitative estimate of drug-likeness (QED) is 0.900. The van der Waals surface area contributed by atoms with E-state index in [1.54, 1.807) is 16.9 Å². The van der Waals surface area contributed by atoms with Gasteiger partial charge in [-0.25, -0.2) is 4.39 Å². The fourth-order valence-corrected chi connectivity index (χ4v) is 1.98. The van der Waals surface area contributed by atoms with Crippen molar-refractivity contribution in [3.05, 3.63) is 41.5 Å². The van der Waals surface area contributed by atoms with Crippen LogP contribution in [0.2, 0.25) is 0 Å². The summed E-state index contributed by atoms with van der Waals surface area (Å²) >= 11 is 0. The van der Waals surface area contributed by atoms with Crippen LogP contribution in [-0.4, -0.2) is 16.3 Å². The van der Waals surface area contributed by atoms with Gasteiger partial charge < -0.3 is 5.32 Å². The number of halogens is 1. The lowest BCUT2D eigenvalue weighted by Gasteiger charge is -2.10. The highest BCUT2D eigenvalue weighted by Crippen LogP contribution is 2.27. The lowest BCUT2D eigenvalue weighted by atomic mass is 10.00. The van der Waals surface area contributed by atoms with Crippen molar-refractivity contribution < 1.29 is 4.39 Å². The van der Waals surface area contributed by atoms with Gasteiger partial charge in [-0.15, -0.1) is 0 Å². The van der Waals surface area contributed by atoms with E-state index >= 15 is 0 Å². The molecule has 0 radical (unpaired) electrons. The first-order chi connectivity index (χ1) is 8.63. The summed E-state index contributed by atoms with van der Waals surface area (Å²) in [7, 11) is 1.89. The molecule has 18 heavy (non-hydrogen) atoms. The molecule has 0 aliphatic rings. The molecule has 0 unspecified atom stereocenters. The van der Waals surface area contributed by atoms with Gasteiger partial charge in [0, 0.05) is 24.8 Å². The number of hydrogen-bond acceptors (Lipinski definition) is 2. The molecule has 3 nitrogen and oxygen atoms in total. The molecule has 0 bridgehead atoms. The average Bonchev–Trinajstić information content (AvgIpc) is 2.68. The molecular formula is C14H18FN3. The summed E-state index contributed by atoms with van der Waals surface area (Å²) in [5.74, 6) is -0.214. The number of hydrogen-bond donors (Lipinski definition) is 1. The van der Waals surface area contributed by atoms with Gasteiger partial charge in [-0.1, -0.05) is 13.0 Å². The molecule has 0 aliphatic heterocycles. The average molecular weight is 247 g/mol. The maximum atomic E-state index is 13.4. The minimum Gasteiger partial charge on any atom is -0.313 e. The fraction of sp³-hybridized carbons (Fsp3) is 0.357. The van der Waals surface area contributed by atoms with E-state index in [0.29, 0.717) is 0 Å². The summed E-state index contributed by atoms with van der Waals surface area (Å²) < 4.78 is 15.2. The molecule has 0 aliphatic carbocycles. The normalized spacial score (nSPS) is 10.9. The molecule has 0 saturated carbocycles. The predicted molar refractivity (Wildman–Crippen MR) is 70.7 cm³/mol. The Kier molecular flexibility index (Phi) is 3.77. The van der Waals surface area contributed by atoms with Crippen molar-refractivity contribution in [1.29, 1.82) is 0 Å². The largest absolute Gasteiger partial charge is 0.313 e. The lowest BCUT2D eigenvalue weighted by Crippen LogP contribution is -2.12. The van der Waals surface area contributed by atoms with Crippen molar-refractivity contribution in [1.82, 2.24) is 15.1 Å². The second-order valence-electron chi connectivity index (χ2n) is 4.35. The number of nitrogens with zero attached hydrogens (tertiary/aromatic N) is 2. The van der Waals surface area contributed by atoms with E-state index in [1.165, 1.54) is 6.07 Å². The van der Waals surface area contributed by atoms with Crippen LogP contribution in [0.1, 0.15) is 18.2 Å². The van der Waals surface area contributed by atoms with Crippen LogP contribution in [0, 0.1) is 12.7 Å². The Balaban J connectivity index is 2.47. The molecule has 2 aromatic rings. The zero-order chi connectivity index (χ0) is 13.1. The molecule has 0 spiro atoms. The Morgan fingerprint density at radius 1 is 1.33 bits per heavy atom. The van der Waals surface area contributed by atoms with Crippen molar-refractivity contribution in [2.75, 3.05) is 6.54 Å². The van der Waals surface area contributed by atoms with E-state index < -0.39 is 0 Å². The number of rotatable bonds is 4. The number of nitrogens with one attached hydrogen (secondary N) is 1. The third kappa shape index (κ3) is 2.43. The van der Waals surface area contributed by atoms with Gasteiger partial charge in [0.2, 0.25) is 0 Å². The van der Waals surface area contributed by atoms with Crippen molar-refractivity contribution in [3.8, 4) is 11.1 Å². The molecule has 1 heterocycles. The summed E-state index contributed by atoms with van der Waals surface area (Å²) in [5.41, 5.74) is 4.04. The Hall–Kier alpha value is -1.68. The smallest absolute Gasteiger partial charge is 0.123 e. The Morgan fingerprint density at radius 2 is 2.11 bits per heavy atom. The second-order valence-corrected chi connectivity index (χ2v) is 4.35. The minimum atomic E-state index is -0.214. The Bertz CT molecular complexity index is 546. The lowest BCUT2D eigenvalue weighted by molar-refractivity contribution is 0.626. The van der Waals surface area contributed by atoms with Gasteiger partial charge in [-0.2, -0.15) is 5.10 Å². The molecule has 0 fully saturated rings. The second kappa shape index (κ2) is 5.31. The Labute approximate surface area is 107 Å². The standard InChI is InChI=1S/C14H18FN3/c1-4-16-8-11-5-6-12(15)7-13(11)14-9-17-18(3)10(14)2/h5-7,9,16H,4,8H2,1-3H3. The van der Waals surface area contributed by atoms with Gasteiger partial charge in [0.15, 0.2) is 0 Å². The van der Waals surface area contributed by atoms with Crippen molar-refractivity contribution in [2.24, 2.45) is 7.05 Å². The first-order valence-corrected chi connectivity index (χ1v) is 6.11. The van der Waals surface area contributed by atoms with Gasteiger partial charge in [0.1, 0.15) is 5.82 Å². The van der Waals surface area contributed by atoms with Crippen LogP contribution in [0.4, 0.5) is 4.39 Å². The van der Waals surface area contributed by atoms with E-state index in [-0.39, 0.29) is 5.82 Å². The van der Waals surface area contributed by atoms with Gasteiger partial charge in [-0.05, 0) is 36.7 Å². The SMILES string of the molecule is CCNCc1ccc(F)cc1-c1cnn(C)c1C. The van der Waals surface area contributed by atoms with Crippen LogP contribution in [0.3, 0.4) is 0 Å². The maximum absolute atomic E-state index is 13.4. The fourth-order valence-electron chi connectivity index (χ4n) is 1.98. The highest BCUT2D eigenvalue weighted by molar-refractivity contribution is 5.69. The first-order valence-electron chi connectivity index (χ1n) is 6.11. The molecule has 0 amide bonds. The van der Waals surface area contributed by atoms with Crippen LogP contribution in [0.15, 0.2) is 24.4 Å². The van der Waals surface area contributed by atoms with E-state index in [0.717, 1.165) is 35.5 Å². The van der Waals surface area contributed by atoms with Gasteiger partial charge in [0.05, 0.1) is 6.20 Å². The molecular weight excluding hydrogens is 229 g/mol. The van der Waals surface area contributed by atoms with Crippen LogP contribution >= 0.6 is 0 Å². The van der Waals surface area contributed by atoms with E-state index in [1.807, 2.05) is 20.0 Å². The third-order valence-corrected chi connectivity index (χ3v) is 3.16. The van der Waals surface area contributed by atoms with E-state index in [4.69, 9.17) is 0 Å². The summed E-state index contributed by atoms with van der Waals surface area (Å²) in [5, 5.41) is 7.49. The zero-order valence-corrected chi connectivity index (χ0v) is 11.0. The van der Waals surface area contributed by atoms with E-state index in [2.05, 4.69) is 17.3 Å². The summed E-state index contributed by atoms with van der Waals surface area (Å²) in [4.78, 5) is 0. The number of aromatic nitrogens is 2. The molecule has 2 rings (SSSR count). The highest BCUT2D eigenvalue weighted by Gasteiger charge is 2.11. The third-order valence-electron chi connectivity index (χ3n) is 3.16. The molecule has 0 saturated heterocycles. The van der Waals surface area contributed by atoms with Crippen molar-refractivity contribution >= 4 is 0 Å². The number of aryl methyl sites for hydroxylation is 1. The first kappa shape index (κ1) is 12.8.